The van der Waals surface area contributed by atoms with Gasteiger partial charge in [-0.1, -0.05) is 6.58 Å². The second-order valence-corrected chi connectivity index (χ2v) is 12.2. The average molecular weight is 524 g/mol. The minimum atomic E-state index is -3.17. The van der Waals surface area contributed by atoms with Crippen LogP contribution in [0, 0.1) is 0 Å². The van der Waals surface area contributed by atoms with Crippen molar-refractivity contribution in [3.8, 4) is 0 Å². The Bertz CT molecular complexity index is 1180. The first-order valence-electron chi connectivity index (χ1n) is 11.7. The zero-order chi connectivity index (χ0) is 25.5. The van der Waals surface area contributed by atoms with Gasteiger partial charge in [0, 0.05) is 22.8 Å². The molecule has 0 spiro atoms. The number of allylic oxidation sites excluding steroid dienone is 1. The molecule has 2 aromatic heterocycles. The van der Waals surface area contributed by atoms with E-state index in [9.17, 15) is 18.4 Å². The van der Waals surface area contributed by atoms with Gasteiger partial charge in [-0.15, -0.1) is 22.7 Å². The standard InChI is InChI=1S/C25H31F2N3O3S2/c1-13(2)25(26,27)20-16(14-9-10-28-12-18(14)34-20)11-29-23(32)30-21-19(22(31)33-24(3,4)5)15-7-6-8-17(15)35-21/h28H,1,6-12H2,2-5H3,(H2,29,30,32). The van der Waals surface area contributed by atoms with E-state index in [4.69, 9.17) is 4.74 Å². The van der Waals surface area contributed by atoms with Crippen LogP contribution in [-0.2, 0) is 43.0 Å². The third-order valence-corrected chi connectivity index (χ3v) is 8.59. The normalized spacial score (nSPS) is 15.4. The van der Waals surface area contributed by atoms with Crippen LogP contribution in [0.25, 0.3) is 0 Å². The molecule has 0 saturated carbocycles. The number of nitrogens with one attached hydrogen (secondary N) is 3. The van der Waals surface area contributed by atoms with Gasteiger partial charge in [-0.2, -0.15) is 8.78 Å². The molecule has 6 nitrogen and oxygen atoms in total. The summed E-state index contributed by atoms with van der Waals surface area (Å²) in [7, 11) is 0. The molecule has 0 fully saturated rings. The molecule has 10 heteroatoms. The smallest absolute Gasteiger partial charge is 0.341 e. The number of anilines is 1. The SMILES string of the molecule is C=C(C)C(F)(F)c1sc2c(c1CNC(=O)Nc1sc3c(c1C(=O)OC(C)(C)C)CCC3)CCNC2. The van der Waals surface area contributed by atoms with Crippen molar-refractivity contribution in [3.63, 3.8) is 0 Å². The minimum Gasteiger partial charge on any atom is -0.456 e. The summed E-state index contributed by atoms with van der Waals surface area (Å²) in [6.07, 6.45) is 3.20. The molecule has 190 valence electrons. The van der Waals surface area contributed by atoms with Gasteiger partial charge < -0.3 is 15.4 Å². The van der Waals surface area contributed by atoms with Gasteiger partial charge in [0.1, 0.15) is 10.6 Å². The Morgan fingerprint density at radius 1 is 1.11 bits per heavy atom. The summed E-state index contributed by atoms with van der Waals surface area (Å²) in [5, 5.41) is 9.17. The van der Waals surface area contributed by atoms with Crippen molar-refractivity contribution in [1.82, 2.24) is 10.6 Å². The summed E-state index contributed by atoms with van der Waals surface area (Å²) >= 11 is 2.45. The maximum absolute atomic E-state index is 15.0. The van der Waals surface area contributed by atoms with Crippen molar-refractivity contribution in [1.29, 1.82) is 0 Å². The van der Waals surface area contributed by atoms with Gasteiger partial charge in [-0.05, 0) is 82.2 Å². The number of thiophene rings is 2. The molecule has 1 aliphatic carbocycles. The number of halogens is 2. The quantitative estimate of drug-likeness (QED) is 0.326. The second-order valence-electron chi connectivity index (χ2n) is 9.96. The van der Waals surface area contributed by atoms with Gasteiger partial charge in [-0.25, -0.2) is 9.59 Å². The first-order valence-corrected chi connectivity index (χ1v) is 13.3. The Hall–Kier alpha value is -2.30. The van der Waals surface area contributed by atoms with Crippen LogP contribution >= 0.6 is 22.7 Å². The van der Waals surface area contributed by atoms with Crippen LogP contribution in [0.4, 0.5) is 18.6 Å². The maximum Gasteiger partial charge on any atom is 0.341 e. The highest BCUT2D eigenvalue weighted by Gasteiger charge is 2.39. The maximum atomic E-state index is 15.0. The number of amides is 2. The number of aryl methyl sites for hydroxylation is 1. The largest absolute Gasteiger partial charge is 0.456 e. The highest BCUT2D eigenvalue weighted by Crippen LogP contribution is 2.44. The van der Waals surface area contributed by atoms with E-state index in [1.807, 2.05) is 0 Å². The number of fused-ring (bicyclic) bond motifs is 2. The molecular weight excluding hydrogens is 492 g/mol. The van der Waals surface area contributed by atoms with E-state index in [0.717, 1.165) is 51.5 Å². The topological polar surface area (TPSA) is 79.5 Å². The summed E-state index contributed by atoms with van der Waals surface area (Å²) in [5.74, 6) is -3.64. The molecule has 2 aliphatic rings. The van der Waals surface area contributed by atoms with Crippen LogP contribution < -0.4 is 16.0 Å². The van der Waals surface area contributed by atoms with E-state index in [1.165, 1.54) is 18.3 Å². The highest BCUT2D eigenvalue weighted by molar-refractivity contribution is 7.17. The fraction of sp³-hybridized carbons (Fsp3) is 0.520. The zero-order valence-electron chi connectivity index (χ0n) is 20.5. The van der Waals surface area contributed by atoms with Crippen molar-refractivity contribution in [2.24, 2.45) is 0 Å². The van der Waals surface area contributed by atoms with Gasteiger partial charge >= 0.3 is 17.9 Å². The Labute approximate surface area is 212 Å². The molecule has 2 amide bonds. The van der Waals surface area contributed by atoms with E-state index in [-0.39, 0.29) is 17.0 Å². The van der Waals surface area contributed by atoms with Gasteiger partial charge in [0.15, 0.2) is 0 Å². The third kappa shape index (κ3) is 5.29. The molecule has 2 aromatic rings. The van der Waals surface area contributed by atoms with Crippen molar-refractivity contribution >= 4 is 39.7 Å². The summed E-state index contributed by atoms with van der Waals surface area (Å²) < 4.78 is 35.5. The van der Waals surface area contributed by atoms with Crippen molar-refractivity contribution in [2.75, 3.05) is 11.9 Å². The molecule has 4 rings (SSSR count). The number of carbonyl (C=O) groups excluding carboxylic acids is 2. The molecule has 3 N–H and O–H groups in total. The number of rotatable bonds is 6. The zero-order valence-corrected chi connectivity index (χ0v) is 22.1. The lowest BCUT2D eigenvalue weighted by Crippen LogP contribution is -2.31. The first-order chi connectivity index (χ1) is 16.4. The van der Waals surface area contributed by atoms with E-state index < -0.39 is 23.5 Å². The van der Waals surface area contributed by atoms with E-state index in [0.29, 0.717) is 35.6 Å². The highest BCUT2D eigenvalue weighted by atomic mass is 32.1. The minimum absolute atomic E-state index is 0.0390. The Balaban J connectivity index is 1.55. The molecule has 35 heavy (non-hydrogen) atoms. The van der Waals surface area contributed by atoms with Gasteiger partial charge in [0.05, 0.1) is 10.4 Å². The number of esters is 1. The van der Waals surface area contributed by atoms with Crippen molar-refractivity contribution in [3.05, 3.63) is 49.0 Å². The number of ether oxygens (including phenoxy) is 1. The van der Waals surface area contributed by atoms with Crippen molar-refractivity contribution < 1.29 is 23.1 Å². The van der Waals surface area contributed by atoms with Gasteiger partial charge in [0.25, 0.3) is 0 Å². The van der Waals surface area contributed by atoms with Gasteiger partial charge in [-0.3, -0.25) is 5.32 Å². The number of hydrogen-bond donors (Lipinski definition) is 3. The molecule has 1 aliphatic heterocycles. The monoisotopic (exact) mass is 523 g/mol. The van der Waals surface area contributed by atoms with E-state index in [2.05, 4.69) is 22.5 Å². The Morgan fingerprint density at radius 2 is 1.86 bits per heavy atom. The van der Waals surface area contributed by atoms with Crippen LogP contribution in [0.5, 0.6) is 0 Å². The molecule has 0 radical (unpaired) electrons. The summed E-state index contributed by atoms with van der Waals surface area (Å²) in [5.41, 5.74) is 1.76. The average Bonchev–Trinajstić information content (AvgIpc) is 3.43. The molecule has 0 unspecified atom stereocenters. The number of carbonyl (C=O) groups is 2. The number of urea groups is 1. The molecule has 0 aromatic carbocycles. The van der Waals surface area contributed by atoms with Crippen molar-refractivity contribution in [2.45, 2.75) is 78.0 Å². The lowest BCUT2D eigenvalue weighted by molar-refractivity contribution is 0.00700. The molecule has 0 atom stereocenters. The molecule has 3 heterocycles. The first kappa shape index (κ1) is 25.8. The Kier molecular flexibility index (Phi) is 7.09. The van der Waals surface area contributed by atoms with Gasteiger partial charge in [0.2, 0.25) is 0 Å². The van der Waals surface area contributed by atoms with Crippen LogP contribution in [0.3, 0.4) is 0 Å². The lowest BCUT2D eigenvalue weighted by Gasteiger charge is -2.20. The predicted octanol–water partition coefficient (Wildman–Crippen LogP) is 5.89. The number of hydrogen-bond acceptors (Lipinski definition) is 6. The van der Waals surface area contributed by atoms with Crippen LogP contribution in [0.2, 0.25) is 0 Å². The van der Waals surface area contributed by atoms with Crippen LogP contribution in [0.15, 0.2) is 12.2 Å². The Morgan fingerprint density at radius 3 is 2.54 bits per heavy atom. The molecular formula is C25H31F2N3O3S2. The van der Waals surface area contributed by atoms with E-state index >= 15 is 0 Å². The molecule has 0 saturated heterocycles. The lowest BCUT2D eigenvalue weighted by atomic mass is 9.98. The van der Waals surface area contributed by atoms with E-state index in [1.54, 1.807) is 20.8 Å². The summed E-state index contributed by atoms with van der Waals surface area (Å²) in [6.45, 7) is 11.4. The molecule has 0 bridgehead atoms. The van der Waals surface area contributed by atoms with Crippen LogP contribution in [0.1, 0.15) is 75.8 Å². The fourth-order valence-electron chi connectivity index (χ4n) is 4.39. The predicted molar refractivity (Wildman–Crippen MR) is 136 cm³/mol. The van der Waals surface area contributed by atoms with Crippen LogP contribution in [-0.4, -0.2) is 24.1 Å². The fourth-order valence-corrected chi connectivity index (χ4v) is 7.05. The second kappa shape index (κ2) is 9.63. The summed E-state index contributed by atoms with van der Waals surface area (Å²) in [6, 6.07) is -0.548. The number of alkyl halides is 2. The summed E-state index contributed by atoms with van der Waals surface area (Å²) in [4.78, 5) is 27.7. The third-order valence-electron chi connectivity index (χ3n) is 6.04.